The van der Waals surface area contributed by atoms with Crippen LogP contribution in [0.4, 0.5) is 18.9 Å². The fourth-order valence-electron chi connectivity index (χ4n) is 2.54. The van der Waals surface area contributed by atoms with Crippen molar-refractivity contribution >= 4 is 42.1 Å². The standard InChI is InChI=1S/C14H19ClF3N3.2ClH/c1-20(2)10-3-4-11(12(15)9-10)13(14(16,17)18)21-7-5-19-6-8-21;;/h3-4,9,13,19H,5-8H2,1-2H3;2*1H/t13-;;/m0../s1. The van der Waals surface area contributed by atoms with Gasteiger partial charge >= 0.3 is 6.18 Å². The minimum absolute atomic E-state index is 0. The van der Waals surface area contributed by atoms with E-state index < -0.39 is 12.2 Å². The van der Waals surface area contributed by atoms with Gasteiger partial charge in [0.2, 0.25) is 0 Å². The van der Waals surface area contributed by atoms with Crippen molar-refractivity contribution < 1.29 is 13.2 Å². The van der Waals surface area contributed by atoms with E-state index in [9.17, 15) is 13.2 Å². The molecular weight excluding hydrogens is 374 g/mol. The summed E-state index contributed by atoms with van der Waals surface area (Å²) in [5.74, 6) is 0. The molecule has 1 aliphatic heterocycles. The molecule has 1 atom stereocenters. The van der Waals surface area contributed by atoms with Gasteiger partial charge < -0.3 is 10.2 Å². The largest absolute Gasteiger partial charge is 0.408 e. The number of nitrogens with zero attached hydrogens (tertiary/aromatic N) is 2. The lowest BCUT2D eigenvalue weighted by molar-refractivity contribution is -0.187. The Morgan fingerprint density at radius 3 is 2.17 bits per heavy atom. The van der Waals surface area contributed by atoms with Crippen molar-refractivity contribution in [1.29, 1.82) is 0 Å². The zero-order chi connectivity index (χ0) is 15.6. The van der Waals surface area contributed by atoms with Gasteiger partial charge in [-0.15, -0.1) is 24.8 Å². The molecule has 1 aromatic rings. The molecule has 0 unspecified atom stereocenters. The molecule has 0 spiro atoms. The minimum atomic E-state index is -4.35. The monoisotopic (exact) mass is 393 g/mol. The van der Waals surface area contributed by atoms with Crippen molar-refractivity contribution in [1.82, 2.24) is 10.2 Å². The first kappa shape index (κ1) is 22.6. The van der Waals surface area contributed by atoms with Gasteiger partial charge in [0.1, 0.15) is 6.04 Å². The molecular formula is C14H21Cl3F3N3. The van der Waals surface area contributed by atoms with Crippen LogP contribution in [0.3, 0.4) is 0 Å². The maximum Gasteiger partial charge on any atom is 0.408 e. The summed E-state index contributed by atoms with van der Waals surface area (Å²) in [5.41, 5.74) is 0.904. The van der Waals surface area contributed by atoms with Crippen LogP contribution in [0.2, 0.25) is 5.02 Å². The van der Waals surface area contributed by atoms with Gasteiger partial charge in [0, 0.05) is 51.0 Å². The molecule has 2 rings (SSSR count). The van der Waals surface area contributed by atoms with Crippen LogP contribution in [0.1, 0.15) is 11.6 Å². The Balaban J connectivity index is 0.00000242. The van der Waals surface area contributed by atoms with Gasteiger partial charge in [-0.2, -0.15) is 13.2 Å². The third-order valence-corrected chi connectivity index (χ3v) is 3.95. The highest BCUT2D eigenvalue weighted by Gasteiger charge is 2.45. The summed E-state index contributed by atoms with van der Waals surface area (Å²) in [7, 11) is 3.64. The molecule has 1 aliphatic rings. The fourth-order valence-corrected chi connectivity index (χ4v) is 2.81. The van der Waals surface area contributed by atoms with E-state index in [1.807, 2.05) is 19.0 Å². The highest BCUT2D eigenvalue weighted by molar-refractivity contribution is 6.31. The number of rotatable bonds is 3. The van der Waals surface area contributed by atoms with Gasteiger partial charge in [0.15, 0.2) is 0 Å². The number of hydrogen-bond donors (Lipinski definition) is 1. The first-order chi connectivity index (χ1) is 9.80. The van der Waals surface area contributed by atoms with Gasteiger partial charge in [0.25, 0.3) is 0 Å². The predicted molar refractivity (Wildman–Crippen MR) is 93.5 cm³/mol. The smallest absolute Gasteiger partial charge is 0.378 e. The number of nitrogens with one attached hydrogen (secondary N) is 1. The van der Waals surface area contributed by atoms with Crippen LogP contribution in [0.15, 0.2) is 18.2 Å². The molecule has 0 amide bonds. The summed E-state index contributed by atoms with van der Waals surface area (Å²) in [5, 5.41) is 3.22. The van der Waals surface area contributed by atoms with E-state index in [2.05, 4.69) is 5.32 Å². The van der Waals surface area contributed by atoms with E-state index in [0.29, 0.717) is 26.2 Å². The van der Waals surface area contributed by atoms with Gasteiger partial charge in [-0.25, -0.2) is 0 Å². The van der Waals surface area contributed by atoms with Crippen LogP contribution in [-0.4, -0.2) is 51.4 Å². The van der Waals surface area contributed by atoms with Crippen molar-refractivity contribution in [3.63, 3.8) is 0 Å². The molecule has 1 saturated heterocycles. The molecule has 134 valence electrons. The molecule has 3 nitrogen and oxygen atoms in total. The highest BCUT2D eigenvalue weighted by atomic mass is 35.5. The zero-order valence-corrected chi connectivity index (χ0v) is 15.2. The van der Waals surface area contributed by atoms with Crippen molar-refractivity contribution in [3.8, 4) is 0 Å². The number of alkyl halides is 3. The van der Waals surface area contributed by atoms with Crippen molar-refractivity contribution in [2.24, 2.45) is 0 Å². The average Bonchev–Trinajstić information content (AvgIpc) is 2.40. The van der Waals surface area contributed by atoms with E-state index >= 15 is 0 Å². The quantitative estimate of drug-likeness (QED) is 0.842. The summed E-state index contributed by atoms with van der Waals surface area (Å²) in [6, 6.07) is 3.08. The number of benzene rings is 1. The van der Waals surface area contributed by atoms with Crippen LogP contribution in [0, 0.1) is 0 Å². The van der Waals surface area contributed by atoms with Crippen LogP contribution >= 0.6 is 36.4 Å². The Bertz CT molecular complexity index is 492. The molecule has 0 aromatic heterocycles. The zero-order valence-electron chi connectivity index (χ0n) is 12.9. The molecule has 0 saturated carbocycles. The van der Waals surface area contributed by atoms with E-state index in [1.165, 1.54) is 11.0 Å². The van der Waals surface area contributed by atoms with Crippen LogP contribution < -0.4 is 10.2 Å². The number of hydrogen-bond acceptors (Lipinski definition) is 3. The van der Waals surface area contributed by atoms with E-state index in [-0.39, 0.29) is 35.4 Å². The lowest BCUT2D eigenvalue weighted by atomic mass is 10.0. The number of halogens is 6. The first-order valence-corrected chi connectivity index (χ1v) is 7.17. The molecule has 9 heteroatoms. The molecule has 1 N–H and O–H groups in total. The Morgan fingerprint density at radius 1 is 1.17 bits per heavy atom. The first-order valence-electron chi connectivity index (χ1n) is 6.79. The Morgan fingerprint density at radius 2 is 1.74 bits per heavy atom. The summed E-state index contributed by atoms with van der Waals surface area (Å²) in [6.45, 7) is 1.83. The molecule has 1 aromatic carbocycles. The average molecular weight is 395 g/mol. The van der Waals surface area contributed by atoms with Gasteiger partial charge in [-0.05, 0) is 17.7 Å². The van der Waals surface area contributed by atoms with Crippen molar-refractivity contribution in [2.75, 3.05) is 45.2 Å². The second-order valence-corrected chi connectivity index (χ2v) is 5.74. The van der Waals surface area contributed by atoms with Crippen LogP contribution in [0.5, 0.6) is 0 Å². The maximum absolute atomic E-state index is 13.5. The Hall–Kier alpha value is -0.400. The van der Waals surface area contributed by atoms with Crippen molar-refractivity contribution in [2.45, 2.75) is 12.2 Å². The summed E-state index contributed by atoms with van der Waals surface area (Å²) >= 11 is 6.12. The molecule has 0 aliphatic carbocycles. The number of anilines is 1. The van der Waals surface area contributed by atoms with Gasteiger partial charge in [0.05, 0.1) is 0 Å². The van der Waals surface area contributed by atoms with E-state index in [1.54, 1.807) is 12.1 Å². The number of piperazine rings is 1. The van der Waals surface area contributed by atoms with Gasteiger partial charge in [-0.1, -0.05) is 17.7 Å². The second kappa shape index (κ2) is 9.18. The van der Waals surface area contributed by atoms with E-state index in [4.69, 9.17) is 11.6 Å². The Labute approximate surface area is 152 Å². The summed E-state index contributed by atoms with van der Waals surface area (Å²) in [6.07, 6.45) is -4.35. The molecule has 23 heavy (non-hydrogen) atoms. The molecule has 1 heterocycles. The second-order valence-electron chi connectivity index (χ2n) is 5.33. The molecule has 1 fully saturated rings. The third-order valence-electron chi connectivity index (χ3n) is 3.62. The normalized spacial score (nSPS) is 17.0. The fraction of sp³-hybridized carbons (Fsp3) is 0.571. The molecule has 0 radical (unpaired) electrons. The topological polar surface area (TPSA) is 18.5 Å². The lowest BCUT2D eigenvalue weighted by Gasteiger charge is -2.36. The highest BCUT2D eigenvalue weighted by Crippen LogP contribution is 2.41. The van der Waals surface area contributed by atoms with Crippen molar-refractivity contribution in [3.05, 3.63) is 28.8 Å². The summed E-state index contributed by atoms with van der Waals surface area (Å²) in [4.78, 5) is 3.25. The SMILES string of the molecule is CN(C)c1ccc([C@H](N2CCNCC2)C(F)(F)F)c(Cl)c1.Cl.Cl. The van der Waals surface area contributed by atoms with E-state index in [0.717, 1.165) is 5.69 Å². The van der Waals surface area contributed by atoms with Crippen LogP contribution in [-0.2, 0) is 0 Å². The lowest BCUT2D eigenvalue weighted by Crippen LogP contribution is -2.49. The molecule has 0 bridgehead atoms. The predicted octanol–water partition coefficient (Wildman–Crippen LogP) is 3.76. The van der Waals surface area contributed by atoms with Gasteiger partial charge in [-0.3, -0.25) is 4.90 Å². The maximum atomic E-state index is 13.5. The van der Waals surface area contributed by atoms with Crippen LogP contribution in [0.25, 0.3) is 0 Å². The third kappa shape index (κ3) is 5.57. The minimum Gasteiger partial charge on any atom is -0.378 e. The Kier molecular flexibility index (Phi) is 9.02. The summed E-state index contributed by atoms with van der Waals surface area (Å²) < 4.78 is 40.5.